The molecule has 116 valence electrons. The summed E-state index contributed by atoms with van der Waals surface area (Å²) in [5, 5.41) is 5.82. The second kappa shape index (κ2) is 8.14. The van der Waals surface area contributed by atoms with Gasteiger partial charge in [0.1, 0.15) is 11.6 Å². The van der Waals surface area contributed by atoms with E-state index in [-0.39, 0.29) is 18.3 Å². The summed E-state index contributed by atoms with van der Waals surface area (Å²) in [7, 11) is 0. The van der Waals surface area contributed by atoms with Crippen molar-refractivity contribution in [3.05, 3.63) is 59.9 Å². The number of para-hydroxylation sites is 2. The Morgan fingerprint density at radius 3 is 2.59 bits per heavy atom. The van der Waals surface area contributed by atoms with Crippen molar-refractivity contribution in [1.29, 1.82) is 0 Å². The summed E-state index contributed by atoms with van der Waals surface area (Å²) in [5.41, 5.74) is 1.57. The highest BCUT2D eigenvalue weighted by molar-refractivity contribution is 5.93. The predicted molar refractivity (Wildman–Crippen MR) is 84.3 cm³/mol. The van der Waals surface area contributed by atoms with Gasteiger partial charge in [0.25, 0.3) is 0 Å². The second-order valence-electron chi connectivity index (χ2n) is 4.71. The van der Waals surface area contributed by atoms with Gasteiger partial charge in [0.2, 0.25) is 5.91 Å². The molecule has 2 N–H and O–H groups in total. The molecule has 0 heterocycles. The summed E-state index contributed by atoms with van der Waals surface area (Å²) in [6.45, 7) is 3.09. The Bertz CT molecular complexity index is 614. The lowest BCUT2D eigenvalue weighted by Crippen LogP contribution is -2.27. The van der Waals surface area contributed by atoms with E-state index in [0.717, 1.165) is 5.56 Å². The lowest BCUT2D eigenvalue weighted by molar-refractivity contribution is -0.115. The van der Waals surface area contributed by atoms with E-state index in [0.29, 0.717) is 24.6 Å². The summed E-state index contributed by atoms with van der Waals surface area (Å²) in [4.78, 5) is 11.9. The lowest BCUT2D eigenvalue weighted by Gasteiger charge is -2.11. The molecule has 2 rings (SSSR count). The molecule has 5 heteroatoms. The zero-order chi connectivity index (χ0) is 15.8. The standard InChI is InChI=1S/C17H19FN2O2/c1-2-22-16-6-4-3-5-15(16)20-17(21)12-19-11-13-7-9-14(18)10-8-13/h3-10,19H,2,11-12H2,1H3,(H,20,21). The molecule has 0 fully saturated rings. The van der Waals surface area contributed by atoms with Crippen molar-refractivity contribution in [3.63, 3.8) is 0 Å². The SMILES string of the molecule is CCOc1ccccc1NC(=O)CNCc1ccc(F)cc1. The number of halogens is 1. The fourth-order valence-corrected chi connectivity index (χ4v) is 1.97. The van der Waals surface area contributed by atoms with Crippen molar-refractivity contribution < 1.29 is 13.9 Å². The molecule has 0 aromatic heterocycles. The highest BCUT2D eigenvalue weighted by Crippen LogP contribution is 2.23. The molecule has 22 heavy (non-hydrogen) atoms. The highest BCUT2D eigenvalue weighted by atomic mass is 19.1. The van der Waals surface area contributed by atoms with Gasteiger partial charge < -0.3 is 15.4 Å². The van der Waals surface area contributed by atoms with E-state index in [9.17, 15) is 9.18 Å². The highest BCUT2D eigenvalue weighted by Gasteiger charge is 2.06. The summed E-state index contributed by atoms with van der Waals surface area (Å²) < 4.78 is 18.2. The largest absolute Gasteiger partial charge is 0.492 e. The normalized spacial score (nSPS) is 10.3. The molecule has 4 nitrogen and oxygen atoms in total. The number of amides is 1. The van der Waals surface area contributed by atoms with Crippen LogP contribution in [-0.2, 0) is 11.3 Å². The number of hydrogen-bond donors (Lipinski definition) is 2. The van der Waals surface area contributed by atoms with Gasteiger partial charge in [0, 0.05) is 6.54 Å². The van der Waals surface area contributed by atoms with E-state index in [1.807, 2.05) is 25.1 Å². The van der Waals surface area contributed by atoms with Gasteiger partial charge >= 0.3 is 0 Å². The average Bonchev–Trinajstić information content (AvgIpc) is 2.51. The maximum absolute atomic E-state index is 12.8. The third-order valence-electron chi connectivity index (χ3n) is 2.99. The van der Waals surface area contributed by atoms with Gasteiger partial charge in [-0.05, 0) is 36.8 Å². The van der Waals surface area contributed by atoms with Crippen LogP contribution in [-0.4, -0.2) is 19.1 Å². The molecule has 0 saturated carbocycles. The number of benzene rings is 2. The first-order valence-corrected chi connectivity index (χ1v) is 7.16. The third kappa shape index (κ3) is 4.86. The van der Waals surface area contributed by atoms with Crippen molar-refractivity contribution >= 4 is 11.6 Å². The minimum absolute atomic E-state index is 0.158. The van der Waals surface area contributed by atoms with Crippen LogP contribution in [0.5, 0.6) is 5.75 Å². The number of ether oxygens (including phenoxy) is 1. The molecule has 0 unspecified atom stereocenters. The average molecular weight is 302 g/mol. The lowest BCUT2D eigenvalue weighted by atomic mass is 10.2. The topological polar surface area (TPSA) is 50.4 Å². The summed E-state index contributed by atoms with van der Waals surface area (Å²) in [5.74, 6) is 0.222. The Labute approximate surface area is 129 Å². The van der Waals surface area contributed by atoms with Crippen LogP contribution in [0.1, 0.15) is 12.5 Å². The molecule has 2 aromatic carbocycles. The summed E-state index contributed by atoms with van der Waals surface area (Å²) >= 11 is 0. The van der Waals surface area contributed by atoms with Crippen LogP contribution in [0.15, 0.2) is 48.5 Å². The molecule has 2 aromatic rings. The first-order chi connectivity index (χ1) is 10.7. The first-order valence-electron chi connectivity index (χ1n) is 7.16. The Hall–Kier alpha value is -2.40. The monoisotopic (exact) mass is 302 g/mol. The molecule has 0 spiro atoms. The second-order valence-corrected chi connectivity index (χ2v) is 4.71. The van der Waals surface area contributed by atoms with Gasteiger partial charge in [0.05, 0.1) is 18.8 Å². The predicted octanol–water partition coefficient (Wildman–Crippen LogP) is 2.95. The van der Waals surface area contributed by atoms with Gasteiger partial charge in [-0.1, -0.05) is 24.3 Å². The van der Waals surface area contributed by atoms with Crippen LogP contribution in [0, 0.1) is 5.82 Å². The van der Waals surface area contributed by atoms with Gasteiger partial charge in [-0.15, -0.1) is 0 Å². The molecule has 0 saturated heterocycles. The van der Waals surface area contributed by atoms with Gasteiger partial charge in [0.15, 0.2) is 0 Å². The molecule has 0 aliphatic rings. The van der Waals surface area contributed by atoms with Crippen molar-refractivity contribution in [2.75, 3.05) is 18.5 Å². The number of nitrogens with one attached hydrogen (secondary N) is 2. The number of carbonyl (C=O) groups is 1. The zero-order valence-electron chi connectivity index (χ0n) is 12.4. The van der Waals surface area contributed by atoms with E-state index in [1.165, 1.54) is 12.1 Å². The van der Waals surface area contributed by atoms with E-state index in [2.05, 4.69) is 10.6 Å². The molecular weight excluding hydrogens is 283 g/mol. The van der Waals surface area contributed by atoms with E-state index in [1.54, 1.807) is 18.2 Å². The van der Waals surface area contributed by atoms with Crippen molar-refractivity contribution in [3.8, 4) is 5.75 Å². The van der Waals surface area contributed by atoms with Crippen LogP contribution in [0.3, 0.4) is 0 Å². The Kier molecular flexibility index (Phi) is 5.91. The number of carbonyl (C=O) groups excluding carboxylic acids is 1. The Morgan fingerprint density at radius 1 is 1.14 bits per heavy atom. The molecule has 0 aliphatic carbocycles. The van der Waals surface area contributed by atoms with Crippen molar-refractivity contribution in [2.24, 2.45) is 0 Å². The summed E-state index contributed by atoms with van der Waals surface area (Å²) in [6.07, 6.45) is 0. The minimum atomic E-state index is -0.269. The van der Waals surface area contributed by atoms with Crippen LogP contribution in [0.4, 0.5) is 10.1 Å². The number of anilines is 1. The molecule has 1 amide bonds. The molecule has 0 bridgehead atoms. The van der Waals surface area contributed by atoms with Gasteiger partial charge in [-0.25, -0.2) is 4.39 Å². The maximum Gasteiger partial charge on any atom is 0.238 e. The van der Waals surface area contributed by atoms with Gasteiger partial charge in [-0.2, -0.15) is 0 Å². The van der Waals surface area contributed by atoms with E-state index >= 15 is 0 Å². The minimum Gasteiger partial charge on any atom is -0.492 e. The Morgan fingerprint density at radius 2 is 1.86 bits per heavy atom. The van der Waals surface area contributed by atoms with Gasteiger partial charge in [-0.3, -0.25) is 4.79 Å². The van der Waals surface area contributed by atoms with Crippen molar-refractivity contribution in [1.82, 2.24) is 5.32 Å². The first kappa shape index (κ1) is 16.0. The van der Waals surface area contributed by atoms with Crippen molar-refractivity contribution in [2.45, 2.75) is 13.5 Å². The zero-order valence-corrected chi connectivity index (χ0v) is 12.4. The number of hydrogen-bond acceptors (Lipinski definition) is 3. The fourth-order valence-electron chi connectivity index (χ4n) is 1.97. The third-order valence-corrected chi connectivity index (χ3v) is 2.99. The number of rotatable bonds is 7. The molecule has 0 aliphatic heterocycles. The quantitative estimate of drug-likeness (QED) is 0.827. The van der Waals surface area contributed by atoms with Crippen LogP contribution < -0.4 is 15.4 Å². The Balaban J connectivity index is 1.82. The van der Waals surface area contributed by atoms with Crippen LogP contribution >= 0.6 is 0 Å². The van der Waals surface area contributed by atoms with E-state index < -0.39 is 0 Å². The molecule has 0 radical (unpaired) electrons. The van der Waals surface area contributed by atoms with E-state index in [4.69, 9.17) is 4.74 Å². The van der Waals surface area contributed by atoms with Crippen LogP contribution in [0.2, 0.25) is 0 Å². The smallest absolute Gasteiger partial charge is 0.238 e. The fraction of sp³-hybridized carbons (Fsp3) is 0.235. The van der Waals surface area contributed by atoms with Crippen LogP contribution in [0.25, 0.3) is 0 Å². The molecular formula is C17H19FN2O2. The molecule has 0 atom stereocenters. The summed E-state index contributed by atoms with van der Waals surface area (Å²) in [6, 6.07) is 13.5. The maximum atomic E-state index is 12.8.